The van der Waals surface area contributed by atoms with Gasteiger partial charge in [-0.15, -0.1) is 0 Å². The molecular weight excluding hydrogens is 325 g/mol. The minimum absolute atomic E-state index is 0.286. The largest absolute Gasteiger partial charge is 0.480 e. The number of hydrogen-bond acceptors (Lipinski definition) is 3. The topological polar surface area (TPSA) is 49.8 Å². The average Bonchev–Trinajstić information content (AvgIpc) is 2.53. The van der Waals surface area contributed by atoms with Gasteiger partial charge in [-0.1, -0.05) is 42.5 Å². The monoisotopic (exact) mass is 339 g/mol. The van der Waals surface area contributed by atoms with Gasteiger partial charge in [-0.3, -0.25) is 4.79 Å². The highest BCUT2D eigenvalue weighted by molar-refractivity contribution is 6.14. The second-order valence-electron chi connectivity index (χ2n) is 4.82. The van der Waals surface area contributed by atoms with Gasteiger partial charge in [0.05, 0.1) is 0 Å². The van der Waals surface area contributed by atoms with Crippen LogP contribution >= 0.6 is 23.6 Å². The molecule has 0 saturated heterocycles. The third-order valence-corrected chi connectivity index (χ3v) is 3.77. The van der Waals surface area contributed by atoms with E-state index in [1.54, 1.807) is 24.3 Å². The molecule has 1 atom stereocenters. The van der Waals surface area contributed by atoms with Crippen molar-refractivity contribution in [3.8, 4) is 5.75 Å². The molecule has 0 radical (unpaired) electrons. The van der Waals surface area contributed by atoms with E-state index in [9.17, 15) is 9.90 Å². The van der Waals surface area contributed by atoms with Crippen LogP contribution in [0.2, 0.25) is 0 Å². The Kier molecular flexibility index (Phi) is 6.07. The highest BCUT2D eigenvalue weighted by atomic mass is 35.5. The van der Waals surface area contributed by atoms with E-state index in [4.69, 9.17) is 23.6 Å². The summed E-state index contributed by atoms with van der Waals surface area (Å²) in [5.74, 6) is -0.465. The van der Waals surface area contributed by atoms with E-state index >= 15 is 0 Å². The zero-order valence-electron chi connectivity index (χ0n) is 11.7. The maximum atomic E-state index is 11.5. The van der Waals surface area contributed by atoms with Crippen LogP contribution in [0.3, 0.4) is 0 Å². The molecule has 0 heterocycles. The van der Waals surface area contributed by atoms with Crippen molar-refractivity contribution < 1.29 is 14.2 Å². The number of carboxylic acid groups (broad SMARTS) is 1. The third kappa shape index (κ3) is 4.63. The lowest BCUT2D eigenvalue weighted by molar-refractivity contribution is -0.141. The van der Waals surface area contributed by atoms with Gasteiger partial charge in [0.25, 0.3) is 0 Å². The van der Waals surface area contributed by atoms with E-state index in [-0.39, 0.29) is 6.42 Å². The van der Waals surface area contributed by atoms with Gasteiger partial charge in [0, 0.05) is 6.54 Å². The average molecular weight is 340 g/mol. The standard InChI is InChI=1S/C16H15Cl2NO3/c17-19(11-13-4-2-1-3-5-13)15(16(20)21)10-12-6-8-14(22-18)9-7-12/h1-9,15H,10-11H2,(H,20,21)/t15-/m0/s1. The van der Waals surface area contributed by atoms with Gasteiger partial charge in [0.1, 0.15) is 23.7 Å². The summed E-state index contributed by atoms with van der Waals surface area (Å²) in [6.07, 6.45) is 0.286. The summed E-state index contributed by atoms with van der Waals surface area (Å²) >= 11 is 11.4. The van der Waals surface area contributed by atoms with Gasteiger partial charge in [0.15, 0.2) is 0 Å². The lowest BCUT2D eigenvalue weighted by Crippen LogP contribution is -2.36. The van der Waals surface area contributed by atoms with Crippen LogP contribution in [0.25, 0.3) is 0 Å². The summed E-state index contributed by atoms with van der Waals surface area (Å²) in [4.78, 5) is 11.5. The van der Waals surface area contributed by atoms with E-state index in [2.05, 4.69) is 4.29 Å². The molecule has 2 rings (SSSR count). The fraction of sp³-hybridized carbons (Fsp3) is 0.188. The van der Waals surface area contributed by atoms with Crippen molar-refractivity contribution in [3.05, 3.63) is 65.7 Å². The second kappa shape index (κ2) is 8.03. The van der Waals surface area contributed by atoms with E-state index in [1.165, 1.54) is 4.42 Å². The molecule has 0 bridgehead atoms. The van der Waals surface area contributed by atoms with Crippen molar-refractivity contribution in [2.75, 3.05) is 0 Å². The number of carbonyl (C=O) groups is 1. The summed E-state index contributed by atoms with van der Waals surface area (Å²) in [6, 6.07) is 15.5. The van der Waals surface area contributed by atoms with Crippen molar-refractivity contribution >= 4 is 29.6 Å². The highest BCUT2D eigenvalue weighted by Gasteiger charge is 2.25. The van der Waals surface area contributed by atoms with Crippen molar-refractivity contribution in [3.63, 3.8) is 0 Å². The molecule has 0 aliphatic heterocycles. The molecule has 0 aliphatic carbocycles. The molecule has 2 aromatic rings. The molecule has 0 amide bonds. The van der Waals surface area contributed by atoms with Crippen LogP contribution in [-0.4, -0.2) is 21.5 Å². The molecule has 116 valence electrons. The van der Waals surface area contributed by atoms with Gasteiger partial charge >= 0.3 is 5.97 Å². The van der Waals surface area contributed by atoms with Gasteiger partial charge in [0.2, 0.25) is 0 Å². The Morgan fingerprint density at radius 1 is 1.09 bits per heavy atom. The smallest absolute Gasteiger partial charge is 0.322 e. The first-order valence-electron chi connectivity index (χ1n) is 6.67. The Morgan fingerprint density at radius 2 is 1.73 bits per heavy atom. The summed E-state index contributed by atoms with van der Waals surface area (Å²) < 4.78 is 5.88. The third-order valence-electron chi connectivity index (χ3n) is 3.24. The first kappa shape index (κ1) is 16.6. The quantitative estimate of drug-likeness (QED) is 0.778. The van der Waals surface area contributed by atoms with Gasteiger partial charge < -0.3 is 9.40 Å². The summed E-state index contributed by atoms with van der Waals surface area (Å²) in [7, 11) is 0. The lowest BCUT2D eigenvalue weighted by Gasteiger charge is -2.22. The van der Waals surface area contributed by atoms with Crippen LogP contribution in [0, 0.1) is 0 Å². The Morgan fingerprint density at radius 3 is 2.27 bits per heavy atom. The maximum absolute atomic E-state index is 11.5. The maximum Gasteiger partial charge on any atom is 0.322 e. The van der Waals surface area contributed by atoms with E-state index in [0.29, 0.717) is 12.3 Å². The molecule has 2 aromatic carbocycles. The zero-order chi connectivity index (χ0) is 15.9. The van der Waals surface area contributed by atoms with Gasteiger partial charge in [-0.2, -0.15) is 0 Å². The van der Waals surface area contributed by atoms with Crippen LogP contribution in [-0.2, 0) is 17.8 Å². The summed E-state index contributed by atoms with van der Waals surface area (Å²) in [5, 5.41) is 9.41. The summed E-state index contributed by atoms with van der Waals surface area (Å²) in [6.45, 7) is 0.349. The Bertz CT molecular complexity index is 605. The highest BCUT2D eigenvalue weighted by Crippen LogP contribution is 2.18. The number of nitrogens with zero attached hydrogens (tertiary/aromatic N) is 1. The molecular formula is C16H15Cl2NO3. The predicted octanol–water partition coefficient (Wildman–Crippen LogP) is 3.87. The first-order chi connectivity index (χ1) is 10.6. The molecule has 1 N–H and O–H groups in total. The van der Waals surface area contributed by atoms with Crippen molar-refractivity contribution in [2.24, 2.45) is 0 Å². The minimum Gasteiger partial charge on any atom is -0.480 e. The first-order valence-corrected chi connectivity index (χ1v) is 7.31. The second-order valence-corrected chi connectivity index (χ2v) is 5.41. The normalized spacial score (nSPS) is 12.1. The van der Waals surface area contributed by atoms with Crippen LogP contribution in [0.5, 0.6) is 5.75 Å². The molecule has 4 nitrogen and oxygen atoms in total. The zero-order valence-corrected chi connectivity index (χ0v) is 13.2. The van der Waals surface area contributed by atoms with Crippen LogP contribution in [0.15, 0.2) is 54.6 Å². The van der Waals surface area contributed by atoms with Crippen molar-refractivity contribution in [1.29, 1.82) is 0 Å². The SMILES string of the molecule is O=C(O)[C@H](Cc1ccc(OCl)cc1)N(Cl)Cc1ccccc1. The van der Waals surface area contributed by atoms with Crippen LogP contribution in [0.1, 0.15) is 11.1 Å². The summed E-state index contributed by atoms with van der Waals surface area (Å²) in [5.41, 5.74) is 1.79. The minimum atomic E-state index is -0.969. The van der Waals surface area contributed by atoms with Crippen LogP contribution in [0.4, 0.5) is 0 Å². The number of carboxylic acids is 1. The molecule has 6 heteroatoms. The molecule has 0 aromatic heterocycles. The predicted molar refractivity (Wildman–Crippen MR) is 85.9 cm³/mol. The fourth-order valence-corrected chi connectivity index (χ4v) is 2.47. The number of rotatable bonds is 7. The van der Waals surface area contributed by atoms with Gasteiger partial charge in [-0.05, 0) is 41.5 Å². The molecule has 0 aliphatic rings. The molecule has 22 heavy (non-hydrogen) atoms. The van der Waals surface area contributed by atoms with E-state index < -0.39 is 12.0 Å². The fourth-order valence-electron chi connectivity index (χ4n) is 2.07. The van der Waals surface area contributed by atoms with Crippen molar-refractivity contribution in [2.45, 2.75) is 19.0 Å². The lowest BCUT2D eigenvalue weighted by atomic mass is 10.1. The van der Waals surface area contributed by atoms with Crippen molar-refractivity contribution in [1.82, 2.24) is 4.42 Å². The Labute approximate surface area is 139 Å². The Hall–Kier alpha value is -1.75. The number of halogens is 2. The molecule has 0 spiro atoms. The molecule has 0 unspecified atom stereocenters. The molecule has 0 fully saturated rings. The number of hydrogen-bond donors (Lipinski definition) is 1. The number of benzene rings is 2. The van der Waals surface area contributed by atoms with E-state index in [0.717, 1.165) is 11.1 Å². The van der Waals surface area contributed by atoms with Gasteiger partial charge in [-0.25, -0.2) is 4.42 Å². The van der Waals surface area contributed by atoms with Crippen LogP contribution < -0.4 is 4.29 Å². The number of aliphatic carboxylic acids is 1. The Balaban J connectivity index is 2.06. The van der Waals surface area contributed by atoms with E-state index in [1.807, 2.05) is 30.3 Å². The molecule has 0 saturated carbocycles.